The van der Waals surface area contributed by atoms with E-state index in [0.717, 1.165) is 15.3 Å². The first-order valence-corrected chi connectivity index (χ1v) is 10.9. The SMILES string of the molecule is O=C(CCSc1ccccc1)N(Cc1ccccn1)c1nc2ccc(F)cc2s1. The Bertz CT molecular complexity index is 1100. The van der Waals surface area contributed by atoms with Crippen LogP contribution in [0.2, 0.25) is 0 Å². The molecular formula is C22H18FN3OS2. The molecule has 0 unspecified atom stereocenters. The van der Waals surface area contributed by atoms with Crippen molar-refractivity contribution >= 4 is 44.4 Å². The smallest absolute Gasteiger partial charge is 0.229 e. The highest BCUT2D eigenvalue weighted by Crippen LogP contribution is 2.31. The van der Waals surface area contributed by atoms with Gasteiger partial charge in [-0.3, -0.25) is 14.7 Å². The fourth-order valence-corrected chi connectivity index (χ4v) is 4.69. The predicted molar refractivity (Wildman–Crippen MR) is 117 cm³/mol. The van der Waals surface area contributed by atoms with E-state index in [2.05, 4.69) is 9.97 Å². The molecule has 146 valence electrons. The van der Waals surface area contributed by atoms with Crippen molar-refractivity contribution in [3.05, 3.63) is 84.4 Å². The van der Waals surface area contributed by atoms with E-state index in [0.29, 0.717) is 29.4 Å². The van der Waals surface area contributed by atoms with Gasteiger partial charge in [0.1, 0.15) is 5.82 Å². The zero-order chi connectivity index (χ0) is 20.1. The van der Waals surface area contributed by atoms with Crippen molar-refractivity contribution in [1.82, 2.24) is 9.97 Å². The zero-order valence-corrected chi connectivity index (χ0v) is 17.1. The molecule has 7 heteroatoms. The van der Waals surface area contributed by atoms with Crippen LogP contribution in [0.1, 0.15) is 12.1 Å². The largest absolute Gasteiger partial charge is 0.282 e. The number of hydrogen-bond acceptors (Lipinski definition) is 5. The Morgan fingerprint density at radius 2 is 1.90 bits per heavy atom. The second-order valence-electron chi connectivity index (χ2n) is 6.32. The van der Waals surface area contributed by atoms with Gasteiger partial charge in [0.05, 0.1) is 22.5 Å². The minimum absolute atomic E-state index is 0.0291. The maximum absolute atomic E-state index is 13.6. The molecule has 1 amide bonds. The summed E-state index contributed by atoms with van der Waals surface area (Å²) in [6.07, 6.45) is 2.08. The topological polar surface area (TPSA) is 46.1 Å². The highest BCUT2D eigenvalue weighted by Gasteiger charge is 2.20. The number of anilines is 1. The molecule has 0 aliphatic rings. The summed E-state index contributed by atoms with van der Waals surface area (Å²) in [4.78, 5) is 24.7. The Morgan fingerprint density at radius 3 is 2.69 bits per heavy atom. The van der Waals surface area contributed by atoms with Crippen LogP contribution in [0, 0.1) is 5.82 Å². The van der Waals surface area contributed by atoms with E-state index in [4.69, 9.17) is 0 Å². The highest BCUT2D eigenvalue weighted by molar-refractivity contribution is 7.99. The van der Waals surface area contributed by atoms with E-state index in [1.807, 2.05) is 48.5 Å². The third-order valence-corrected chi connectivity index (χ3v) is 6.30. The molecule has 4 aromatic rings. The molecule has 0 spiro atoms. The summed E-state index contributed by atoms with van der Waals surface area (Å²) in [7, 11) is 0. The number of nitrogens with zero attached hydrogens (tertiary/aromatic N) is 3. The average molecular weight is 424 g/mol. The van der Waals surface area contributed by atoms with Gasteiger partial charge in [0, 0.05) is 23.3 Å². The summed E-state index contributed by atoms with van der Waals surface area (Å²) < 4.78 is 14.3. The van der Waals surface area contributed by atoms with Crippen LogP contribution in [0.15, 0.2) is 77.8 Å². The number of carbonyl (C=O) groups is 1. The van der Waals surface area contributed by atoms with E-state index in [1.165, 1.54) is 23.5 Å². The van der Waals surface area contributed by atoms with Gasteiger partial charge in [-0.2, -0.15) is 0 Å². The first-order valence-electron chi connectivity index (χ1n) is 9.13. The molecule has 0 bridgehead atoms. The minimum atomic E-state index is -0.311. The molecule has 0 N–H and O–H groups in total. The van der Waals surface area contributed by atoms with E-state index >= 15 is 0 Å². The standard InChI is InChI=1S/C22H18FN3OS2/c23-16-9-10-19-20(14-16)29-22(25-19)26(15-17-6-4-5-12-24-17)21(27)11-13-28-18-7-2-1-3-8-18/h1-10,12,14H,11,13,15H2. The third-order valence-electron chi connectivity index (χ3n) is 4.25. The lowest BCUT2D eigenvalue weighted by Gasteiger charge is -2.19. The van der Waals surface area contributed by atoms with Gasteiger partial charge < -0.3 is 0 Å². The maximum Gasteiger partial charge on any atom is 0.229 e. The van der Waals surface area contributed by atoms with Crippen LogP contribution in [0.3, 0.4) is 0 Å². The number of aromatic nitrogens is 2. The average Bonchev–Trinajstić information content (AvgIpc) is 3.16. The molecule has 2 aromatic heterocycles. The number of hydrogen-bond donors (Lipinski definition) is 0. The summed E-state index contributed by atoms with van der Waals surface area (Å²) in [6.45, 7) is 0.331. The van der Waals surface area contributed by atoms with Crippen molar-refractivity contribution in [3.8, 4) is 0 Å². The molecule has 0 aliphatic carbocycles. The summed E-state index contributed by atoms with van der Waals surface area (Å²) in [5, 5.41) is 0.561. The number of pyridine rings is 1. The highest BCUT2D eigenvalue weighted by atomic mass is 32.2. The summed E-state index contributed by atoms with van der Waals surface area (Å²) in [5.74, 6) is 0.328. The molecule has 2 aromatic carbocycles. The molecule has 0 aliphatic heterocycles. The lowest BCUT2D eigenvalue weighted by Crippen LogP contribution is -2.30. The number of thiazole rings is 1. The van der Waals surface area contributed by atoms with E-state index in [-0.39, 0.29) is 11.7 Å². The van der Waals surface area contributed by atoms with E-state index in [1.54, 1.807) is 28.9 Å². The molecule has 0 atom stereocenters. The van der Waals surface area contributed by atoms with Crippen LogP contribution in [-0.4, -0.2) is 21.6 Å². The molecule has 4 rings (SSSR count). The Balaban J connectivity index is 1.54. The fraction of sp³-hybridized carbons (Fsp3) is 0.136. The van der Waals surface area contributed by atoms with Gasteiger partial charge >= 0.3 is 0 Å². The first kappa shape index (κ1) is 19.5. The van der Waals surface area contributed by atoms with Crippen LogP contribution < -0.4 is 4.90 Å². The van der Waals surface area contributed by atoms with Gasteiger partial charge in [-0.05, 0) is 42.5 Å². The molecule has 0 radical (unpaired) electrons. The lowest BCUT2D eigenvalue weighted by molar-refractivity contribution is -0.118. The summed E-state index contributed by atoms with van der Waals surface area (Å²) in [5.41, 5.74) is 1.46. The quantitative estimate of drug-likeness (QED) is 0.366. The number of benzene rings is 2. The van der Waals surface area contributed by atoms with Crippen LogP contribution in [0.4, 0.5) is 9.52 Å². The Morgan fingerprint density at radius 1 is 1.07 bits per heavy atom. The van der Waals surface area contributed by atoms with E-state index in [9.17, 15) is 9.18 Å². The molecule has 0 fully saturated rings. The van der Waals surface area contributed by atoms with Gasteiger partial charge in [-0.25, -0.2) is 9.37 Å². The molecule has 0 saturated heterocycles. The van der Waals surface area contributed by atoms with Crippen LogP contribution in [0.5, 0.6) is 0 Å². The van der Waals surface area contributed by atoms with Crippen molar-refractivity contribution in [1.29, 1.82) is 0 Å². The Labute approximate surface area is 176 Å². The molecule has 0 saturated carbocycles. The first-order chi connectivity index (χ1) is 14.2. The number of thioether (sulfide) groups is 1. The lowest BCUT2D eigenvalue weighted by atomic mass is 10.3. The second-order valence-corrected chi connectivity index (χ2v) is 8.50. The van der Waals surface area contributed by atoms with Crippen molar-refractivity contribution in [2.24, 2.45) is 0 Å². The summed E-state index contributed by atoms with van der Waals surface area (Å²) >= 11 is 2.96. The van der Waals surface area contributed by atoms with Gasteiger partial charge in [0.25, 0.3) is 0 Å². The molecular weight excluding hydrogens is 405 g/mol. The minimum Gasteiger partial charge on any atom is -0.282 e. The zero-order valence-electron chi connectivity index (χ0n) is 15.5. The number of halogens is 1. The van der Waals surface area contributed by atoms with Crippen molar-refractivity contribution < 1.29 is 9.18 Å². The van der Waals surface area contributed by atoms with Crippen LogP contribution in [-0.2, 0) is 11.3 Å². The monoisotopic (exact) mass is 423 g/mol. The van der Waals surface area contributed by atoms with Crippen LogP contribution >= 0.6 is 23.1 Å². The molecule has 2 heterocycles. The van der Waals surface area contributed by atoms with Crippen LogP contribution in [0.25, 0.3) is 10.2 Å². The molecule has 29 heavy (non-hydrogen) atoms. The van der Waals surface area contributed by atoms with Gasteiger partial charge in [-0.1, -0.05) is 35.6 Å². The summed E-state index contributed by atoms with van der Waals surface area (Å²) in [6, 6.07) is 20.1. The number of fused-ring (bicyclic) bond motifs is 1. The number of rotatable bonds is 7. The normalized spacial score (nSPS) is 10.9. The fourth-order valence-electron chi connectivity index (χ4n) is 2.83. The second kappa shape index (κ2) is 9.15. The third kappa shape index (κ3) is 4.99. The number of amides is 1. The van der Waals surface area contributed by atoms with Gasteiger partial charge in [0.2, 0.25) is 5.91 Å². The van der Waals surface area contributed by atoms with Crippen molar-refractivity contribution in [3.63, 3.8) is 0 Å². The van der Waals surface area contributed by atoms with Gasteiger partial charge in [-0.15, -0.1) is 11.8 Å². The molecule has 4 nitrogen and oxygen atoms in total. The predicted octanol–water partition coefficient (Wildman–Crippen LogP) is 5.55. The van der Waals surface area contributed by atoms with Gasteiger partial charge in [0.15, 0.2) is 5.13 Å². The van der Waals surface area contributed by atoms with Crippen molar-refractivity contribution in [2.45, 2.75) is 17.9 Å². The van der Waals surface area contributed by atoms with Crippen molar-refractivity contribution in [2.75, 3.05) is 10.7 Å². The Hall–Kier alpha value is -2.77. The maximum atomic E-state index is 13.6. The van der Waals surface area contributed by atoms with E-state index < -0.39 is 0 Å². The Kier molecular flexibility index (Phi) is 6.17. The number of carbonyl (C=O) groups excluding carboxylic acids is 1.